The molecule has 2 aromatic rings. The lowest BCUT2D eigenvalue weighted by atomic mass is 9.79. The zero-order valence-electron chi connectivity index (χ0n) is 12.7. The average molecular weight is 284 g/mol. The van der Waals surface area contributed by atoms with E-state index in [0.29, 0.717) is 6.54 Å². The summed E-state index contributed by atoms with van der Waals surface area (Å²) in [5.41, 5.74) is 1.75. The molecule has 112 valence electrons. The largest absolute Gasteiger partial charge is 0.389 e. The van der Waals surface area contributed by atoms with Gasteiger partial charge >= 0.3 is 0 Å². The molecule has 0 spiro atoms. The van der Waals surface area contributed by atoms with Crippen molar-refractivity contribution in [2.24, 2.45) is 5.92 Å². The minimum Gasteiger partial charge on any atom is -0.389 e. The molecule has 1 aliphatic carbocycles. The van der Waals surface area contributed by atoms with E-state index in [-0.39, 0.29) is 0 Å². The maximum atomic E-state index is 10.6. The van der Waals surface area contributed by atoms with Crippen LogP contribution in [0.1, 0.15) is 38.2 Å². The van der Waals surface area contributed by atoms with Crippen LogP contribution >= 0.6 is 0 Å². The van der Waals surface area contributed by atoms with E-state index >= 15 is 0 Å². The predicted molar refractivity (Wildman–Crippen MR) is 86.0 cm³/mol. The molecule has 1 aromatic carbocycles. The first-order valence-corrected chi connectivity index (χ1v) is 7.92. The number of aromatic nitrogens is 1. The number of rotatable bonds is 4. The molecule has 2 N–H and O–H groups in total. The van der Waals surface area contributed by atoms with Crippen LogP contribution in [0.15, 0.2) is 36.5 Å². The Labute approximate surface area is 126 Å². The number of hydrogen-bond acceptors (Lipinski definition) is 3. The molecule has 0 saturated heterocycles. The number of nitrogens with one attached hydrogen (secondary N) is 1. The van der Waals surface area contributed by atoms with Crippen molar-refractivity contribution < 1.29 is 5.11 Å². The molecule has 3 nitrogen and oxygen atoms in total. The van der Waals surface area contributed by atoms with E-state index in [1.54, 1.807) is 0 Å². The third-order valence-electron chi connectivity index (χ3n) is 4.71. The van der Waals surface area contributed by atoms with Gasteiger partial charge < -0.3 is 10.4 Å². The Morgan fingerprint density at radius 3 is 2.81 bits per heavy atom. The molecular weight excluding hydrogens is 260 g/mol. The number of para-hydroxylation sites is 1. The molecule has 1 heterocycles. The summed E-state index contributed by atoms with van der Waals surface area (Å²) in [6.45, 7) is 3.73. The van der Waals surface area contributed by atoms with Crippen LogP contribution in [0.2, 0.25) is 0 Å². The molecule has 0 aliphatic heterocycles. The van der Waals surface area contributed by atoms with E-state index < -0.39 is 5.60 Å². The summed E-state index contributed by atoms with van der Waals surface area (Å²) in [6.07, 6.45) is 5.96. The van der Waals surface area contributed by atoms with Crippen molar-refractivity contribution in [1.29, 1.82) is 0 Å². The molecule has 1 aliphatic rings. The SMILES string of the molecule is CC1CCC(O)(CNCc2ccnc3ccccc23)CC1. The van der Waals surface area contributed by atoms with Crippen LogP contribution in [0.5, 0.6) is 0 Å². The second kappa shape index (κ2) is 6.12. The third-order valence-corrected chi connectivity index (χ3v) is 4.71. The van der Waals surface area contributed by atoms with Gasteiger partial charge in [0.15, 0.2) is 0 Å². The van der Waals surface area contributed by atoms with Gasteiger partial charge in [-0.1, -0.05) is 25.1 Å². The minimum atomic E-state index is -0.519. The fourth-order valence-corrected chi connectivity index (χ4v) is 3.22. The molecule has 0 unspecified atom stereocenters. The number of pyridine rings is 1. The smallest absolute Gasteiger partial charge is 0.0771 e. The van der Waals surface area contributed by atoms with Gasteiger partial charge in [-0.05, 0) is 49.3 Å². The van der Waals surface area contributed by atoms with Crippen molar-refractivity contribution in [3.63, 3.8) is 0 Å². The molecule has 1 aromatic heterocycles. The zero-order chi connectivity index (χ0) is 14.7. The summed E-state index contributed by atoms with van der Waals surface area (Å²) in [7, 11) is 0. The van der Waals surface area contributed by atoms with E-state index in [1.165, 1.54) is 10.9 Å². The van der Waals surface area contributed by atoms with E-state index in [1.807, 2.05) is 24.4 Å². The lowest BCUT2D eigenvalue weighted by molar-refractivity contribution is -0.00628. The fraction of sp³-hybridized carbons (Fsp3) is 0.500. The zero-order valence-corrected chi connectivity index (χ0v) is 12.7. The van der Waals surface area contributed by atoms with Crippen LogP contribution in [0.4, 0.5) is 0 Å². The molecular formula is C18H24N2O. The van der Waals surface area contributed by atoms with Crippen molar-refractivity contribution >= 4 is 10.9 Å². The first-order chi connectivity index (χ1) is 10.2. The second-order valence-corrected chi connectivity index (χ2v) is 6.50. The maximum absolute atomic E-state index is 10.6. The number of aliphatic hydroxyl groups is 1. The van der Waals surface area contributed by atoms with Crippen molar-refractivity contribution in [2.75, 3.05) is 6.54 Å². The summed E-state index contributed by atoms with van der Waals surface area (Å²) in [5.74, 6) is 0.759. The van der Waals surface area contributed by atoms with Gasteiger partial charge in [0.1, 0.15) is 0 Å². The van der Waals surface area contributed by atoms with Gasteiger partial charge in [0.2, 0.25) is 0 Å². The Morgan fingerprint density at radius 1 is 1.24 bits per heavy atom. The third kappa shape index (κ3) is 3.42. The number of nitrogens with zero attached hydrogens (tertiary/aromatic N) is 1. The Morgan fingerprint density at radius 2 is 2.00 bits per heavy atom. The molecule has 1 saturated carbocycles. The first-order valence-electron chi connectivity index (χ1n) is 7.92. The summed E-state index contributed by atoms with van der Waals surface area (Å²) >= 11 is 0. The van der Waals surface area contributed by atoms with E-state index in [9.17, 15) is 5.11 Å². The van der Waals surface area contributed by atoms with Gasteiger partial charge in [0.05, 0.1) is 11.1 Å². The average Bonchev–Trinajstić information content (AvgIpc) is 2.51. The highest BCUT2D eigenvalue weighted by Gasteiger charge is 2.31. The second-order valence-electron chi connectivity index (χ2n) is 6.50. The van der Waals surface area contributed by atoms with Crippen LogP contribution in [0, 0.1) is 5.92 Å². The molecule has 0 atom stereocenters. The maximum Gasteiger partial charge on any atom is 0.0771 e. The van der Waals surface area contributed by atoms with Crippen molar-refractivity contribution in [3.05, 3.63) is 42.1 Å². The van der Waals surface area contributed by atoms with E-state index in [2.05, 4.69) is 29.4 Å². The first kappa shape index (κ1) is 14.5. The standard InChI is InChI=1S/C18H24N2O/c1-14-6-9-18(21,10-7-14)13-19-12-15-8-11-20-17-5-3-2-4-16(15)17/h2-5,8,11,14,19,21H,6-7,9-10,12-13H2,1H3. The number of hydrogen-bond donors (Lipinski definition) is 2. The van der Waals surface area contributed by atoms with Gasteiger partial charge in [-0.15, -0.1) is 0 Å². The minimum absolute atomic E-state index is 0.519. The lowest BCUT2D eigenvalue weighted by Crippen LogP contribution is -2.43. The molecule has 3 heteroatoms. The van der Waals surface area contributed by atoms with Gasteiger partial charge in [0.25, 0.3) is 0 Å². The predicted octanol–water partition coefficient (Wildman–Crippen LogP) is 3.27. The van der Waals surface area contributed by atoms with Crippen LogP contribution in [-0.2, 0) is 6.54 Å². The number of fused-ring (bicyclic) bond motifs is 1. The number of benzene rings is 1. The van der Waals surface area contributed by atoms with Crippen molar-refractivity contribution in [1.82, 2.24) is 10.3 Å². The van der Waals surface area contributed by atoms with Gasteiger partial charge in [-0.2, -0.15) is 0 Å². The molecule has 0 bridgehead atoms. The van der Waals surface area contributed by atoms with Crippen molar-refractivity contribution in [2.45, 2.75) is 44.8 Å². The molecule has 21 heavy (non-hydrogen) atoms. The Balaban J connectivity index is 1.62. The normalized spacial score (nSPS) is 26.1. The summed E-state index contributed by atoms with van der Waals surface area (Å²) < 4.78 is 0. The van der Waals surface area contributed by atoms with Crippen LogP contribution < -0.4 is 5.32 Å². The molecule has 0 radical (unpaired) electrons. The van der Waals surface area contributed by atoms with Crippen LogP contribution in [-0.4, -0.2) is 22.2 Å². The molecule has 0 amide bonds. The summed E-state index contributed by atoms with van der Waals surface area (Å²) in [6, 6.07) is 10.3. The highest BCUT2D eigenvalue weighted by Crippen LogP contribution is 2.31. The molecule has 3 rings (SSSR count). The van der Waals surface area contributed by atoms with E-state index in [0.717, 1.165) is 43.7 Å². The Hall–Kier alpha value is -1.45. The van der Waals surface area contributed by atoms with Gasteiger partial charge in [0, 0.05) is 24.7 Å². The summed E-state index contributed by atoms with van der Waals surface area (Å²) in [4.78, 5) is 4.38. The van der Waals surface area contributed by atoms with Crippen LogP contribution in [0.3, 0.4) is 0 Å². The van der Waals surface area contributed by atoms with Crippen molar-refractivity contribution in [3.8, 4) is 0 Å². The van der Waals surface area contributed by atoms with E-state index in [4.69, 9.17) is 0 Å². The fourth-order valence-electron chi connectivity index (χ4n) is 3.22. The Bertz CT molecular complexity index is 598. The Kier molecular flexibility index (Phi) is 4.22. The van der Waals surface area contributed by atoms with Crippen LogP contribution in [0.25, 0.3) is 10.9 Å². The highest BCUT2D eigenvalue weighted by molar-refractivity contribution is 5.81. The monoisotopic (exact) mass is 284 g/mol. The lowest BCUT2D eigenvalue weighted by Gasteiger charge is -2.35. The van der Waals surface area contributed by atoms with Gasteiger partial charge in [-0.25, -0.2) is 0 Å². The highest BCUT2D eigenvalue weighted by atomic mass is 16.3. The summed E-state index contributed by atoms with van der Waals surface area (Å²) in [5, 5.41) is 15.2. The quantitative estimate of drug-likeness (QED) is 0.905. The molecule has 1 fully saturated rings. The topological polar surface area (TPSA) is 45.1 Å². The van der Waals surface area contributed by atoms with Gasteiger partial charge in [-0.3, -0.25) is 4.98 Å².